The summed E-state index contributed by atoms with van der Waals surface area (Å²) in [6.07, 6.45) is 3.23. The zero-order valence-electron chi connectivity index (χ0n) is 13.9. The lowest BCUT2D eigenvalue weighted by Gasteiger charge is -2.13. The van der Waals surface area contributed by atoms with E-state index in [-0.39, 0.29) is 18.9 Å². The van der Waals surface area contributed by atoms with Gasteiger partial charge < -0.3 is 14.8 Å². The van der Waals surface area contributed by atoms with E-state index in [0.717, 1.165) is 0 Å². The highest BCUT2D eigenvalue weighted by Gasteiger charge is 2.14. The number of nitrogens with zero attached hydrogens (tertiary/aromatic N) is 2. The quantitative estimate of drug-likeness (QED) is 0.553. The fraction of sp³-hybridized carbons (Fsp3) is 0.235. The van der Waals surface area contributed by atoms with Gasteiger partial charge in [0.05, 0.1) is 7.11 Å². The minimum absolute atomic E-state index is 0.0766. The number of nitrogens with one attached hydrogen (secondary N) is 2. The van der Waals surface area contributed by atoms with Gasteiger partial charge in [0.1, 0.15) is 24.6 Å². The van der Waals surface area contributed by atoms with E-state index in [2.05, 4.69) is 20.0 Å². The number of anilines is 1. The van der Waals surface area contributed by atoms with Crippen LogP contribution in [0, 0.1) is 5.41 Å². The Labute approximate surface area is 144 Å². The van der Waals surface area contributed by atoms with Crippen LogP contribution in [0.3, 0.4) is 0 Å². The molecule has 130 valence electrons. The van der Waals surface area contributed by atoms with Gasteiger partial charge in [-0.1, -0.05) is 0 Å². The predicted octanol–water partition coefficient (Wildman–Crippen LogP) is 1.60. The van der Waals surface area contributed by atoms with Gasteiger partial charge in [-0.2, -0.15) is 0 Å². The van der Waals surface area contributed by atoms with Crippen LogP contribution in [-0.4, -0.2) is 41.1 Å². The fourth-order valence-corrected chi connectivity index (χ4v) is 1.96. The largest absolute Gasteiger partial charge is 0.486 e. The average Bonchev–Trinajstić information content (AvgIpc) is 2.64. The Morgan fingerprint density at radius 3 is 2.60 bits per heavy atom. The Balaban J connectivity index is 2.19. The van der Waals surface area contributed by atoms with Crippen molar-refractivity contribution in [1.29, 1.82) is 5.41 Å². The number of hydrogen-bond acceptors (Lipinski definition) is 8. The molecule has 2 aromatic rings. The molecule has 8 heteroatoms. The molecule has 0 bridgehead atoms. The SMILES string of the molecule is COC(=O)CNc1ccc(OCc2ncccn2)cc1C(=N)C(C)=O. The number of benzene rings is 1. The van der Waals surface area contributed by atoms with Crippen LogP contribution >= 0.6 is 0 Å². The van der Waals surface area contributed by atoms with E-state index in [9.17, 15) is 9.59 Å². The molecule has 0 saturated carbocycles. The molecular weight excluding hydrogens is 324 g/mol. The molecule has 0 saturated heterocycles. The van der Waals surface area contributed by atoms with E-state index in [4.69, 9.17) is 10.1 Å². The maximum atomic E-state index is 11.6. The van der Waals surface area contributed by atoms with Crippen molar-refractivity contribution in [1.82, 2.24) is 9.97 Å². The summed E-state index contributed by atoms with van der Waals surface area (Å²) in [4.78, 5) is 31.0. The van der Waals surface area contributed by atoms with E-state index in [1.54, 1.807) is 36.7 Å². The summed E-state index contributed by atoms with van der Waals surface area (Å²) < 4.78 is 10.2. The molecule has 0 amide bonds. The number of aromatic nitrogens is 2. The molecule has 1 aromatic carbocycles. The van der Waals surface area contributed by atoms with Gasteiger partial charge in [-0.15, -0.1) is 0 Å². The molecule has 25 heavy (non-hydrogen) atoms. The molecular formula is C17H18N4O4. The molecule has 0 aliphatic carbocycles. The van der Waals surface area contributed by atoms with Gasteiger partial charge in [-0.3, -0.25) is 15.0 Å². The number of rotatable bonds is 8. The first kappa shape index (κ1) is 18.1. The zero-order valence-corrected chi connectivity index (χ0v) is 13.9. The summed E-state index contributed by atoms with van der Waals surface area (Å²) >= 11 is 0. The molecule has 2 N–H and O–H groups in total. The third-order valence-corrected chi connectivity index (χ3v) is 3.25. The first-order valence-electron chi connectivity index (χ1n) is 7.44. The van der Waals surface area contributed by atoms with Gasteiger partial charge in [0.2, 0.25) is 0 Å². The smallest absolute Gasteiger partial charge is 0.325 e. The summed E-state index contributed by atoms with van der Waals surface area (Å²) in [7, 11) is 1.28. The minimum atomic E-state index is -0.457. The van der Waals surface area contributed by atoms with Crippen LogP contribution in [0.25, 0.3) is 0 Å². The van der Waals surface area contributed by atoms with Crippen molar-refractivity contribution in [3.63, 3.8) is 0 Å². The topological polar surface area (TPSA) is 114 Å². The van der Waals surface area contributed by atoms with Crippen LogP contribution in [0.5, 0.6) is 5.75 Å². The summed E-state index contributed by atoms with van der Waals surface area (Å²) in [5.41, 5.74) is 0.616. The van der Waals surface area contributed by atoms with Gasteiger partial charge in [-0.05, 0) is 24.3 Å². The standard InChI is InChI=1S/C17H18N4O4/c1-11(22)17(18)13-8-12(25-10-15-19-6-3-7-20-15)4-5-14(13)21-9-16(23)24-2/h3-8,18,21H,9-10H2,1-2H3. The second kappa shape index (κ2) is 8.53. The number of Topliss-reactive ketones (excluding diaryl/α,β-unsaturated/α-hetero) is 1. The molecule has 0 fully saturated rings. The van der Waals surface area contributed by atoms with E-state index in [0.29, 0.717) is 22.8 Å². The Hall–Kier alpha value is -3.29. The minimum Gasteiger partial charge on any atom is -0.486 e. The van der Waals surface area contributed by atoms with Gasteiger partial charge in [0.15, 0.2) is 11.6 Å². The van der Waals surface area contributed by atoms with Crippen molar-refractivity contribution in [2.75, 3.05) is 19.0 Å². The molecule has 8 nitrogen and oxygen atoms in total. The Kier molecular flexibility index (Phi) is 6.16. The van der Waals surface area contributed by atoms with Crippen LogP contribution in [-0.2, 0) is 20.9 Å². The normalized spacial score (nSPS) is 10.0. The van der Waals surface area contributed by atoms with E-state index in [1.165, 1.54) is 14.0 Å². The third-order valence-electron chi connectivity index (χ3n) is 3.25. The lowest BCUT2D eigenvalue weighted by molar-refractivity contribution is -0.138. The predicted molar refractivity (Wildman–Crippen MR) is 90.8 cm³/mol. The summed E-state index contributed by atoms with van der Waals surface area (Å²) in [6.45, 7) is 1.38. The van der Waals surface area contributed by atoms with Crippen LogP contribution in [0.15, 0.2) is 36.7 Å². The molecule has 1 heterocycles. The molecule has 0 unspecified atom stereocenters. The molecule has 0 aliphatic heterocycles. The lowest BCUT2D eigenvalue weighted by Crippen LogP contribution is -2.18. The fourth-order valence-electron chi connectivity index (χ4n) is 1.96. The number of ketones is 1. The highest BCUT2D eigenvalue weighted by molar-refractivity contribution is 6.45. The third kappa shape index (κ3) is 5.10. The van der Waals surface area contributed by atoms with Crippen molar-refractivity contribution >= 4 is 23.2 Å². The second-order valence-corrected chi connectivity index (χ2v) is 5.02. The molecule has 1 aromatic heterocycles. The molecule has 0 aliphatic rings. The Bertz CT molecular complexity index is 777. The maximum Gasteiger partial charge on any atom is 0.325 e. The van der Waals surface area contributed by atoms with E-state index in [1.807, 2.05) is 0 Å². The first-order valence-corrected chi connectivity index (χ1v) is 7.44. The van der Waals surface area contributed by atoms with Crippen LogP contribution in [0.1, 0.15) is 18.3 Å². The summed E-state index contributed by atoms with van der Waals surface area (Å²) in [6, 6.07) is 6.57. The summed E-state index contributed by atoms with van der Waals surface area (Å²) in [5.74, 6) is 0.113. The number of hydrogen-bond donors (Lipinski definition) is 2. The van der Waals surface area contributed by atoms with Crippen LogP contribution in [0.2, 0.25) is 0 Å². The summed E-state index contributed by atoms with van der Waals surface area (Å²) in [5, 5.41) is 10.8. The molecule has 0 atom stereocenters. The van der Waals surface area contributed by atoms with Crippen molar-refractivity contribution < 1.29 is 19.1 Å². The maximum absolute atomic E-state index is 11.6. The van der Waals surface area contributed by atoms with E-state index < -0.39 is 11.8 Å². The number of carbonyl (C=O) groups excluding carboxylic acids is 2. The van der Waals surface area contributed by atoms with Gasteiger partial charge in [-0.25, -0.2) is 9.97 Å². The van der Waals surface area contributed by atoms with Crippen molar-refractivity contribution in [3.05, 3.63) is 48.0 Å². The number of methoxy groups -OCH3 is 1. The van der Waals surface area contributed by atoms with E-state index >= 15 is 0 Å². The number of carbonyl (C=O) groups is 2. The average molecular weight is 342 g/mol. The van der Waals surface area contributed by atoms with Crippen molar-refractivity contribution in [2.45, 2.75) is 13.5 Å². The Morgan fingerprint density at radius 2 is 1.96 bits per heavy atom. The highest BCUT2D eigenvalue weighted by atomic mass is 16.5. The van der Waals surface area contributed by atoms with Crippen LogP contribution < -0.4 is 10.1 Å². The van der Waals surface area contributed by atoms with Gasteiger partial charge >= 0.3 is 5.97 Å². The Morgan fingerprint density at radius 1 is 1.24 bits per heavy atom. The second-order valence-electron chi connectivity index (χ2n) is 5.02. The molecule has 2 rings (SSSR count). The molecule has 0 radical (unpaired) electrons. The number of ether oxygens (including phenoxy) is 2. The number of esters is 1. The van der Waals surface area contributed by atoms with Crippen molar-refractivity contribution in [3.8, 4) is 5.75 Å². The molecule has 0 spiro atoms. The highest BCUT2D eigenvalue weighted by Crippen LogP contribution is 2.23. The zero-order chi connectivity index (χ0) is 18.2. The first-order chi connectivity index (χ1) is 12.0. The lowest BCUT2D eigenvalue weighted by atomic mass is 10.0. The van der Waals surface area contributed by atoms with Crippen LogP contribution in [0.4, 0.5) is 5.69 Å². The monoisotopic (exact) mass is 342 g/mol. The van der Waals surface area contributed by atoms with Gasteiger partial charge in [0.25, 0.3) is 0 Å². The van der Waals surface area contributed by atoms with Crippen molar-refractivity contribution in [2.24, 2.45) is 0 Å². The van der Waals surface area contributed by atoms with Gasteiger partial charge in [0, 0.05) is 30.6 Å².